The van der Waals surface area contributed by atoms with Crippen molar-refractivity contribution in [3.8, 4) is 0 Å². The van der Waals surface area contributed by atoms with Crippen molar-refractivity contribution < 1.29 is 0 Å². The van der Waals surface area contributed by atoms with E-state index in [1.54, 1.807) is 11.8 Å². The third-order valence-electron chi connectivity index (χ3n) is 3.56. The van der Waals surface area contributed by atoms with Crippen LogP contribution in [0.2, 0.25) is 0 Å². The zero-order chi connectivity index (χ0) is 14.8. The first kappa shape index (κ1) is 14.1. The SMILES string of the molecule is Cc1ccc(Sc2c(CN)cnc3ccccc23)c(C)c1. The first-order valence-corrected chi connectivity index (χ1v) is 7.82. The Hall–Kier alpha value is -1.84. The van der Waals surface area contributed by atoms with Gasteiger partial charge in [0.05, 0.1) is 5.52 Å². The summed E-state index contributed by atoms with van der Waals surface area (Å²) in [7, 11) is 0. The summed E-state index contributed by atoms with van der Waals surface area (Å²) in [6, 6.07) is 14.8. The standard InChI is InChI=1S/C18H18N2S/c1-12-7-8-17(13(2)9-12)21-18-14(10-19)11-20-16-6-4-3-5-15(16)18/h3-9,11H,10,19H2,1-2H3. The zero-order valence-electron chi connectivity index (χ0n) is 12.3. The fraction of sp³-hybridized carbons (Fsp3) is 0.167. The molecule has 0 radical (unpaired) electrons. The van der Waals surface area contributed by atoms with Crippen LogP contribution in [0.5, 0.6) is 0 Å². The minimum Gasteiger partial charge on any atom is -0.326 e. The molecule has 0 fully saturated rings. The lowest BCUT2D eigenvalue weighted by Crippen LogP contribution is -2.00. The van der Waals surface area contributed by atoms with Crippen LogP contribution < -0.4 is 5.73 Å². The predicted octanol–water partition coefficient (Wildman–Crippen LogP) is 4.46. The van der Waals surface area contributed by atoms with E-state index in [0.29, 0.717) is 6.54 Å². The molecule has 0 bridgehead atoms. The van der Waals surface area contributed by atoms with Crippen molar-refractivity contribution in [3.05, 3.63) is 65.4 Å². The highest BCUT2D eigenvalue weighted by Crippen LogP contribution is 2.37. The van der Waals surface area contributed by atoms with Gasteiger partial charge >= 0.3 is 0 Å². The Morgan fingerprint density at radius 2 is 1.90 bits per heavy atom. The van der Waals surface area contributed by atoms with Crippen molar-refractivity contribution in [3.63, 3.8) is 0 Å². The molecular formula is C18H18N2S. The second kappa shape index (κ2) is 5.88. The molecule has 1 heterocycles. The fourth-order valence-electron chi connectivity index (χ4n) is 2.45. The average molecular weight is 294 g/mol. The summed E-state index contributed by atoms with van der Waals surface area (Å²) in [5.41, 5.74) is 10.6. The molecule has 0 amide bonds. The molecule has 3 aromatic rings. The maximum absolute atomic E-state index is 5.90. The van der Waals surface area contributed by atoms with Gasteiger partial charge < -0.3 is 5.73 Å². The van der Waals surface area contributed by atoms with Crippen LogP contribution in [0.4, 0.5) is 0 Å². The second-order valence-electron chi connectivity index (χ2n) is 5.20. The molecule has 2 aromatic carbocycles. The van der Waals surface area contributed by atoms with Crippen LogP contribution in [0.1, 0.15) is 16.7 Å². The molecule has 106 valence electrons. The van der Waals surface area contributed by atoms with Crippen molar-refractivity contribution in [1.29, 1.82) is 0 Å². The van der Waals surface area contributed by atoms with Crippen LogP contribution in [-0.2, 0) is 6.54 Å². The molecule has 0 aliphatic heterocycles. The Labute approximate surface area is 129 Å². The molecule has 0 aliphatic rings. The summed E-state index contributed by atoms with van der Waals surface area (Å²) in [5, 5.41) is 1.17. The molecular weight excluding hydrogens is 276 g/mol. The van der Waals surface area contributed by atoms with Crippen molar-refractivity contribution in [2.75, 3.05) is 0 Å². The molecule has 0 saturated carbocycles. The number of pyridine rings is 1. The second-order valence-corrected chi connectivity index (χ2v) is 6.26. The third kappa shape index (κ3) is 2.80. The quantitative estimate of drug-likeness (QED) is 0.775. The highest BCUT2D eigenvalue weighted by Gasteiger charge is 2.10. The number of nitrogens with zero attached hydrogens (tertiary/aromatic N) is 1. The molecule has 2 N–H and O–H groups in total. The van der Waals surface area contributed by atoms with E-state index in [2.05, 4.69) is 49.2 Å². The monoisotopic (exact) mass is 294 g/mol. The Morgan fingerprint density at radius 3 is 2.67 bits per heavy atom. The molecule has 1 aromatic heterocycles. The van der Waals surface area contributed by atoms with Crippen molar-refractivity contribution in [2.45, 2.75) is 30.2 Å². The van der Waals surface area contributed by atoms with Gasteiger partial charge in [-0.15, -0.1) is 0 Å². The molecule has 2 nitrogen and oxygen atoms in total. The first-order chi connectivity index (χ1) is 10.2. The molecule has 0 aliphatic carbocycles. The summed E-state index contributed by atoms with van der Waals surface area (Å²) in [6.45, 7) is 4.78. The number of hydrogen-bond donors (Lipinski definition) is 1. The fourth-order valence-corrected chi connectivity index (χ4v) is 3.57. The minimum absolute atomic E-state index is 0.505. The van der Waals surface area contributed by atoms with Gasteiger partial charge in [0.1, 0.15) is 0 Å². The molecule has 0 spiro atoms. The molecule has 3 heteroatoms. The Morgan fingerprint density at radius 1 is 1.10 bits per heavy atom. The number of hydrogen-bond acceptors (Lipinski definition) is 3. The summed E-state index contributed by atoms with van der Waals surface area (Å²) in [6.07, 6.45) is 1.90. The molecule has 0 unspecified atom stereocenters. The highest BCUT2D eigenvalue weighted by atomic mass is 32.2. The third-order valence-corrected chi connectivity index (χ3v) is 4.93. The zero-order valence-corrected chi connectivity index (χ0v) is 13.1. The topological polar surface area (TPSA) is 38.9 Å². The lowest BCUT2D eigenvalue weighted by molar-refractivity contribution is 1.02. The molecule has 21 heavy (non-hydrogen) atoms. The van der Waals surface area contributed by atoms with Crippen LogP contribution in [0.15, 0.2) is 58.5 Å². The van der Waals surface area contributed by atoms with E-state index in [4.69, 9.17) is 5.73 Å². The summed E-state index contributed by atoms with van der Waals surface area (Å²) < 4.78 is 0. The average Bonchev–Trinajstić information content (AvgIpc) is 2.50. The van der Waals surface area contributed by atoms with Gasteiger partial charge in [0, 0.05) is 27.9 Å². The van der Waals surface area contributed by atoms with Gasteiger partial charge in [0.2, 0.25) is 0 Å². The number of aryl methyl sites for hydroxylation is 2. The number of fused-ring (bicyclic) bond motifs is 1. The number of aromatic nitrogens is 1. The maximum atomic E-state index is 5.90. The summed E-state index contributed by atoms with van der Waals surface area (Å²) in [5.74, 6) is 0. The molecule has 0 saturated heterocycles. The Kier molecular flexibility index (Phi) is 3.95. The Bertz CT molecular complexity index is 796. The van der Waals surface area contributed by atoms with E-state index in [1.165, 1.54) is 26.3 Å². The van der Waals surface area contributed by atoms with E-state index in [9.17, 15) is 0 Å². The van der Waals surface area contributed by atoms with Gasteiger partial charge in [-0.25, -0.2) is 0 Å². The van der Waals surface area contributed by atoms with Crippen LogP contribution in [-0.4, -0.2) is 4.98 Å². The minimum atomic E-state index is 0.505. The maximum Gasteiger partial charge on any atom is 0.0713 e. The predicted molar refractivity (Wildman–Crippen MR) is 89.7 cm³/mol. The number of benzene rings is 2. The van der Waals surface area contributed by atoms with Crippen molar-refractivity contribution >= 4 is 22.7 Å². The van der Waals surface area contributed by atoms with Crippen molar-refractivity contribution in [2.24, 2.45) is 5.73 Å². The summed E-state index contributed by atoms with van der Waals surface area (Å²) in [4.78, 5) is 6.99. The van der Waals surface area contributed by atoms with Gasteiger partial charge in [-0.2, -0.15) is 0 Å². The normalized spacial score (nSPS) is 11.0. The van der Waals surface area contributed by atoms with Crippen molar-refractivity contribution in [1.82, 2.24) is 4.98 Å². The van der Waals surface area contributed by atoms with E-state index < -0.39 is 0 Å². The molecule has 0 atom stereocenters. The molecule has 3 rings (SSSR count). The van der Waals surface area contributed by atoms with E-state index in [1.807, 2.05) is 18.3 Å². The van der Waals surface area contributed by atoms with Crippen LogP contribution >= 0.6 is 11.8 Å². The van der Waals surface area contributed by atoms with Crippen LogP contribution in [0, 0.1) is 13.8 Å². The smallest absolute Gasteiger partial charge is 0.0713 e. The van der Waals surface area contributed by atoms with Gasteiger partial charge in [-0.1, -0.05) is 47.7 Å². The summed E-state index contributed by atoms with van der Waals surface area (Å²) >= 11 is 1.78. The Balaban J connectivity index is 2.14. The van der Waals surface area contributed by atoms with Gasteiger partial charge in [-0.05, 0) is 37.1 Å². The van der Waals surface area contributed by atoms with Gasteiger partial charge in [0.25, 0.3) is 0 Å². The van der Waals surface area contributed by atoms with E-state index >= 15 is 0 Å². The lowest BCUT2D eigenvalue weighted by Gasteiger charge is -2.12. The number of nitrogens with two attached hydrogens (primary N) is 1. The number of para-hydroxylation sites is 1. The largest absolute Gasteiger partial charge is 0.326 e. The van der Waals surface area contributed by atoms with Crippen LogP contribution in [0.25, 0.3) is 10.9 Å². The van der Waals surface area contributed by atoms with Gasteiger partial charge in [0.15, 0.2) is 0 Å². The van der Waals surface area contributed by atoms with E-state index in [0.717, 1.165) is 11.1 Å². The number of rotatable bonds is 3. The van der Waals surface area contributed by atoms with Crippen LogP contribution in [0.3, 0.4) is 0 Å². The first-order valence-electron chi connectivity index (χ1n) is 7.01. The van der Waals surface area contributed by atoms with Gasteiger partial charge in [-0.3, -0.25) is 4.98 Å². The van der Waals surface area contributed by atoms with E-state index in [-0.39, 0.29) is 0 Å². The lowest BCUT2D eigenvalue weighted by atomic mass is 10.1. The highest BCUT2D eigenvalue weighted by molar-refractivity contribution is 7.99.